The van der Waals surface area contributed by atoms with Gasteiger partial charge in [-0.1, -0.05) is 6.42 Å². The fraction of sp³-hybridized carbons (Fsp3) is 0.933. The van der Waals surface area contributed by atoms with Crippen molar-refractivity contribution in [1.82, 2.24) is 10.2 Å². The number of hydrogen-bond donors (Lipinski definition) is 2. The summed E-state index contributed by atoms with van der Waals surface area (Å²) in [6, 6.07) is 0. The molecule has 19 heavy (non-hydrogen) atoms. The lowest BCUT2D eigenvalue weighted by atomic mass is 9.74. The molecular formula is C15H31N3O. The molecule has 1 aliphatic rings. The second-order valence-corrected chi connectivity index (χ2v) is 6.86. The Bertz CT molecular complexity index is 288. The molecule has 3 N–H and O–H groups in total. The van der Waals surface area contributed by atoms with Gasteiger partial charge in [0.1, 0.15) is 0 Å². The normalized spacial score (nSPS) is 18.4. The van der Waals surface area contributed by atoms with Gasteiger partial charge in [0.05, 0.1) is 5.41 Å². The number of rotatable bonds is 6. The number of amides is 1. The van der Waals surface area contributed by atoms with Crippen LogP contribution in [0.25, 0.3) is 0 Å². The van der Waals surface area contributed by atoms with Gasteiger partial charge in [-0.05, 0) is 66.6 Å². The summed E-state index contributed by atoms with van der Waals surface area (Å²) in [5.74, 6) is 0.0543. The van der Waals surface area contributed by atoms with E-state index in [1.807, 2.05) is 27.7 Å². The Balaban J connectivity index is 2.23. The largest absolute Gasteiger partial charge is 0.356 e. The van der Waals surface area contributed by atoms with Gasteiger partial charge in [-0.2, -0.15) is 0 Å². The molecule has 0 unspecified atom stereocenters. The third-order valence-corrected chi connectivity index (χ3v) is 4.56. The van der Waals surface area contributed by atoms with Crippen LogP contribution in [0.1, 0.15) is 53.4 Å². The zero-order chi connectivity index (χ0) is 14.5. The Hall–Kier alpha value is -0.610. The number of piperidine rings is 1. The van der Waals surface area contributed by atoms with Gasteiger partial charge in [0.15, 0.2) is 0 Å². The predicted octanol–water partition coefficient (Wildman–Crippen LogP) is 1.74. The van der Waals surface area contributed by atoms with Gasteiger partial charge in [-0.3, -0.25) is 4.79 Å². The lowest BCUT2D eigenvalue weighted by Crippen LogP contribution is -2.55. The Morgan fingerprint density at radius 1 is 1.16 bits per heavy atom. The number of nitrogens with one attached hydrogen (secondary N) is 1. The number of nitrogens with two attached hydrogens (primary N) is 1. The van der Waals surface area contributed by atoms with E-state index < -0.39 is 11.0 Å². The predicted molar refractivity (Wildman–Crippen MR) is 80.0 cm³/mol. The maximum absolute atomic E-state index is 12.2. The topological polar surface area (TPSA) is 58.4 Å². The maximum Gasteiger partial charge on any atom is 0.227 e. The molecule has 0 aliphatic carbocycles. The first kappa shape index (κ1) is 16.4. The summed E-state index contributed by atoms with van der Waals surface area (Å²) in [5.41, 5.74) is 5.01. The van der Waals surface area contributed by atoms with Gasteiger partial charge < -0.3 is 16.0 Å². The SMILES string of the molecule is CC(C)(N)C(C)(C)C(=O)NCCCN1CCCCC1. The van der Waals surface area contributed by atoms with Gasteiger partial charge >= 0.3 is 0 Å². The van der Waals surface area contributed by atoms with Crippen molar-refractivity contribution in [2.24, 2.45) is 11.1 Å². The monoisotopic (exact) mass is 269 g/mol. The number of hydrogen-bond acceptors (Lipinski definition) is 3. The Labute approximate surface area is 118 Å². The van der Waals surface area contributed by atoms with Crippen LogP contribution in [0.3, 0.4) is 0 Å². The molecular weight excluding hydrogens is 238 g/mol. The van der Waals surface area contributed by atoms with Crippen molar-refractivity contribution in [2.75, 3.05) is 26.2 Å². The molecule has 0 radical (unpaired) electrons. The standard InChI is InChI=1S/C15H31N3O/c1-14(2,15(3,4)16)13(19)17-9-8-12-18-10-6-5-7-11-18/h5-12,16H2,1-4H3,(H,17,19). The molecule has 0 bridgehead atoms. The number of carbonyl (C=O) groups excluding carboxylic acids is 1. The van der Waals surface area contributed by atoms with E-state index in [-0.39, 0.29) is 5.91 Å². The van der Waals surface area contributed by atoms with Crippen molar-refractivity contribution in [1.29, 1.82) is 0 Å². The van der Waals surface area contributed by atoms with E-state index in [0.29, 0.717) is 0 Å². The maximum atomic E-state index is 12.2. The van der Waals surface area contributed by atoms with Crippen LogP contribution in [0.4, 0.5) is 0 Å². The highest BCUT2D eigenvalue weighted by Crippen LogP contribution is 2.28. The summed E-state index contributed by atoms with van der Waals surface area (Å²) < 4.78 is 0. The van der Waals surface area contributed by atoms with E-state index in [4.69, 9.17) is 5.73 Å². The molecule has 1 fully saturated rings. The highest BCUT2D eigenvalue weighted by Gasteiger charge is 2.40. The van der Waals surface area contributed by atoms with Gasteiger partial charge in [0.25, 0.3) is 0 Å². The molecule has 0 aromatic heterocycles. The van der Waals surface area contributed by atoms with Crippen molar-refractivity contribution in [3.05, 3.63) is 0 Å². The molecule has 1 heterocycles. The molecule has 1 saturated heterocycles. The fourth-order valence-corrected chi connectivity index (χ4v) is 2.20. The van der Waals surface area contributed by atoms with E-state index >= 15 is 0 Å². The summed E-state index contributed by atoms with van der Waals surface area (Å²) >= 11 is 0. The summed E-state index contributed by atoms with van der Waals surface area (Å²) in [7, 11) is 0. The molecule has 112 valence electrons. The number of nitrogens with zero attached hydrogens (tertiary/aromatic N) is 1. The first-order chi connectivity index (χ1) is 8.75. The van der Waals surface area contributed by atoms with Gasteiger partial charge in [-0.25, -0.2) is 0 Å². The zero-order valence-corrected chi connectivity index (χ0v) is 13.1. The third-order valence-electron chi connectivity index (χ3n) is 4.56. The molecule has 1 aliphatic heterocycles. The minimum Gasteiger partial charge on any atom is -0.356 e. The van der Waals surface area contributed by atoms with Crippen molar-refractivity contribution in [3.63, 3.8) is 0 Å². The lowest BCUT2D eigenvalue weighted by molar-refractivity contribution is -0.132. The van der Waals surface area contributed by atoms with Crippen LogP contribution < -0.4 is 11.1 Å². The van der Waals surface area contributed by atoms with Crippen molar-refractivity contribution < 1.29 is 4.79 Å². The van der Waals surface area contributed by atoms with E-state index in [0.717, 1.165) is 19.5 Å². The molecule has 4 nitrogen and oxygen atoms in total. The van der Waals surface area contributed by atoms with E-state index in [1.165, 1.54) is 32.4 Å². The van der Waals surface area contributed by atoms with Crippen LogP contribution in [0.5, 0.6) is 0 Å². The van der Waals surface area contributed by atoms with E-state index in [9.17, 15) is 4.79 Å². The minimum atomic E-state index is -0.544. The Morgan fingerprint density at radius 3 is 2.26 bits per heavy atom. The van der Waals surface area contributed by atoms with Crippen LogP contribution in [0.2, 0.25) is 0 Å². The first-order valence-corrected chi connectivity index (χ1v) is 7.55. The van der Waals surface area contributed by atoms with E-state index in [2.05, 4.69) is 10.2 Å². The summed E-state index contributed by atoms with van der Waals surface area (Å²) in [6.45, 7) is 11.9. The molecule has 0 saturated carbocycles. The van der Waals surface area contributed by atoms with Gasteiger partial charge in [0, 0.05) is 12.1 Å². The van der Waals surface area contributed by atoms with Crippen LogP contribution in [-0.4, -0.2) is 42.5 Å². The van der Waals surface area contributed by atoms with Crippen LogP contribution >= 0.6 is 0 Å². The summed E-state index contributed by atoms with van der Waals surface area (Å²) in [5, 5.41) is 3.02. The minimum absolute atomic E-state index is 0.0543. The molecule has 0 atom stereocenters. The first-order valence-electron chi connectivity index (χ1n) is 7.55. The second kappa shape index (κ2) is 6.71. The highest BCUT2D eigenvalue weighted by atomic mass is 16.2. The van der Waals surface area contributed by atoms with Gasteiger partial charge in [-0.15, -0.1) is 0 Å². The Kier molecular flexibility index (Phi) is 5.81. The average Bonchev–Trinajstić information content (AvgIpc) is 2.34. The third kappa shape index (κ3) is 4.77. The zero-order valence-electron chi connectivity index (χ0n) is 13.1. The highest BCUT2D eigenvalue weighted by molar-refractivity contribution is 5.83. The van der Waals surface area contributed by atoms with Crippen molar-refractivity contribution >= 4 is 5.91 Å². The fourth-order valence-electron chi connectivity index (χ4n) is 2.20. The molecule has 4 heteroatoms. The second-order valence-electron chi connectivity index (χ2n) is 6.86. The quantitative estimate of drug-likeness (QED) is 0.722. The van der Waals surface area contributed by atoms with Crippen LogP contribution in [0.15, 0.2) is 0 Å². The van der Waals surface area contributed by atoms with Gasteiger partial charge in [0.2, 0.25) is 5.91 Å². The van der Waals surface area contributed by atoms with E-state index in [1.54, 1.807) is 0 Å². The van der Waals surface area contributed by atoms with Crippen molar-refractivity contribution in [3.8, 4) is 0 Å². The molecule has 1 rings (SSSR count). The van der Waals surface area contributed by atoms with Crippen LogP contribution in [-0.2, 0) is 4.79 Å². The Morgan fingerprint density at radius 2 is 1.74 bits per heavy atom. The molecule has 0 aromatic rings. The molecule has 0 aromatic carbocycles. The lowest BCUT2D eigenvalue weighted by Gasteiger charge is -2.37. The number of carbonyl (C=O) groups is 1. The smallest absolute Gasteiger partial charge is 0.227 e. The van der Waals surface area contributed by atoms with Crippen LogP contribution in [0, 0.1) is 5.41 Å². The summed E-state index contributed by atoms with van der Waals surface area (Å²) in [6.07, 6.45) is 5.03. The number of likely N-dealkylation sites (tertiary alicyclic amines) is 1. The van der Waals surface area contributed by atoms with Crippen molar-refractivity contribution in [2.45, 2.75) is 58.9 Å². The average molecular weight is 269 g/mol. The summed E-state index contributed by atoms with van der Waals surface area (Å²) in [4.78, 5) is 14.7. The molecule has 1 amide bonds. The molecule has 0 spiro atoms.